The summed E-state index contributed by atoms with van der Waals surface area (Å²) in [5.41, 5.74) is 1.70. The van der Waals surface area contributed by atoms with Gasteiger partial charge in [-0.05, 0) is 11.6 Å². The third kappa shape index (κ3) is 3.11. The summed E-state index contributed by atoms with van der Waals surface area (Å²) < 4.78 is 1.74. The van der Waals surface area contributed by atoms with Gasteiger partial charge in [0.1, 0.15) is 0 Å². The largest absolute Gasteiger partial charge is 0.323 e. The van der Waals surface area contributed by atoms with E-state index >= 15 is 0 Å². The van der Waals surface area contributed by atoms with Gasteiger partial charge in [0.15, 0.2) is 0 Å². The van der Waals surface area contributed by atoms with E-state index in [1.807, 2.05) is 31.2 Å². The van der Waals surface area contributed by atoms with Crippen LogP contribution >= 0.6 is 11.6 Å². The Morgan fingerprint density at radius 1 is 1.44 bits per heavy atom. The molecule has 1 aromatic heterocycles. The number of carbonyl (C=O) groups is 1. The van der Waals surface area contributed by atoms with Gasteiger partial charge in [0.05, 0.1) is 18.4 Å². The Balaban J connectivity index is 2.07. The Morgan fingerprint density at radius 3 is 2.94 bits per heavy atom. The van der Waals surface area contributed by atoms with Gasteiger partial charge in [0.2, 0.25) is 5.91 Å². The molecule has 0 aliphatic rings. The van der Waals surface area contributed by atoms with E-state index in [2.05, 4.69) is 10.4 Å². The summed E-state index contributed by atoms with van der Waals surface area (Å²) in [4.78, 5) is 11.2. The third-order valence-electron chi connectivity index (χ3n) is 2.53. The predicted molar refractivity (Wildman–Crippen MR) is 71.7 cm³/mol. The third-order valence-corrected chi connectivity index (χ3v) is 2.90. The molecule has 2 aromatic rings. The summed E-state index contributed by atoms with van der Waals surface area (Å²) in [6.07, 6.45) is 3.87. The Hall–Kier alpha value is -1.81. The van der Waals surface area contributed by atoms with Crippen molar-refractivity contribution in [2.45, 2.75) is 19.9 Å². The van der Waals surface area contributed by atoms with E-state index in [1.54, 1.807) is 17.1 Å². The summed E-state index contributed by atoms with van der Waals surface area (Å²) in [7, 11) is 0. The highest BCUT2D eigenvalue weighted by Gasteiger charge is 2.04. The highest BCUT2D eigenvalue weighted by Crippen LogP contribution is 2.16. The monoisotopic (exact) mass is 263 g/mol. The molecule has 0 saturated carbocycles. The van der Waals surface area contributed by atoms with Gasteiger partial charge in [-0.2, -0.15) is 5.10 Å². The van der Waals surface area contributed by atoms with E-state index in [4.69, 9.17) is 11.6 Å². The Labute approximate surface area is 111 Å². The number of aromatic nitrogens is 2. The van der Waals surface area contributed by atoms with Gasteiger partial charge in [-0.25, -0.2) is 0 Å². The van der Waals surface area contributed by atoms with Crippen molar-refractivity contribution in [3.8, 4) is 0 Å². The van der Waals surface area contributed by atoms with Crippen LogP contribution in [-0.4, -0.2) is 15.7 Å². The van der Waals surface area contributed by atoms with Gasteiger partial charge < -0.3 is 5.32 Å². The molecule has 0 bridgehead atoms. The van der Waals surface area contributed by atoms with Crippen LogP contribution in [0.15, 0.2) is 36.7 Å². The van der Waals surface area contributed by atoms with E-state index in [0.717, 1.165) is 5.56 Å². The fourth-order valence-corrected chi connectivity index (χ4v) is 1.76. The lowest BCUT2D eigenvalue weighted by atomic mass is 10.2. The highest BCUT2D eigenvalue weighted by atomic mass is 35.5. The molecule has 0 spiro atoms. The maximum absolute atomic E-state index is 11.2. The Bertz CT molecular complexity index is 551. The minimum absolute atomic E-state index is 0.0210. The summed E-state index contributed by atoms with van der Waals surface area (Å²) in [5, 5.41) is 7.66. The minimum atomic E-state index is -0.0210. The first-order valence-electron chi connectivity index (χ1n) is 5.74. The second kappa shape index (κ2) is 5.69. The molecule has 4 nitrogen and oxygen atoms in total. The van der Waals surface area contributed by atoms with Crippen LogP contribution in [0, 0.1) is 0 Å². The first kappa shape index (κ1) is 12.6. The summed E-state index contributed by atoms with van der Waals surface area (Å²) in [6, 6.07) is 7.63. The Morgan fingerprint density at radius 2 is 2.22 bits per heavy atom. The topological polar surface area (TPSA) is 46.9 Å². The molecule has 0 aliphatic heterocycles. The second-order valence-corrected chi connectivity index (χ2v) is 4.33. The summed E-state index contributed by atoms with van der Waals surface area (Å²) in [6.45, 7) is 2.39. The van der Waals surface area contributed by atoms with Crippen molar-refractivity contribution in [1.82, 2.24) is 9.78 Å². The van der Waals surface area contributed by atoms with Crippen LogP contribution in [0.25, 0.3) is 0 Å². The van der Waals surface area contributed by atoms with Crippen molar-refractivity contribution >= 4 is 23.2 Å². The average molecular weight is 264 g/mol. The molecule has 18 heavy (non-hydrogen) atoms. The van der Waals surface area contributed by atoms with Crippen molar-refractivity contribution in [3.63, 3.8) is 0 Å². The molecule has 0 radical (unpaired) electrons. The number of carbonyl (C=O) groups excluding carboxylic acids is 1. The number of hydrogen-bond donors (Lipinski definition) is 1. The number of anilines is 1. The maximum Gasteiger partial charge on any atom is 0.224 e. The fraction of sp³-hybridized carbons (Fsp3) is 0.231. The van der Waals surface area contributed by atoms with E-state index < -0.39 is 0 Å². The number of nitrogens with zero attached hydrogens (tertiary/aromatic N) is 2. The van der Waals surface area contributed by atoms with Gasteiger partial charge >= 0.3 is 0 Å². The number of hydrogen-bond acceptors (Lipinski definition) is 2. The number of amides is 1. The molecule has 1 aromatic carbocycles. The first-order valence-corrected chi connectivity index (χ1v) is 6.12. The average Bonchev–Trinajstić information content (AvgIpc) is 2.79. The summed E-state index contributed by atoms with van der Waals surface area (Å²) in [5.74, 6) is -0.0210. The first-order chi connectivity index (χ1) is 8.69. The lowest BCUT2D eigenvalue weighted by Crippen LogP contribution is -2.08. The lowest BCUT2D eigenvalue weighted by Gasteiger charge is -2.03. The molecule has 0 saturated heterocycles. The molecule has 94 valence electrons. The van der Waals surface area contributed by atoms with Crippen LogP contribution in [-0.2, 0) is 11.3 Å². The van der Waals surface area contributed by atoms with Crippen molar-refractivity contribution in [3.05, 3.63) is 47.2 Å². The molecule has 0 fully saturated rings. The molecule has 5 heteroatoms. The Kier molecular flexibility index (Phi) is 3.99. The molecule has 1 N–H and O–H groups in total. The van der Waals surface area contributed by atoms with E-state index in [1.165, 1.54) is 0 Å². The zero-order chi connectivity index (χ0) is 13.0. The van der Waals surface area contributed by atoms with E-state index in [-0.39, 0.29) is 5.91 Å². The van der Waals surface area contributed by atoms with Crippen molar-refractivity contribution in [2.24, 2.45) is 0 Å². The minimum Gasteiger partial charge on any atom is -0.323 e. The summed E-state index contributed by atoms with van der Waals surface area (Å²) >= 11 is 6.08. The van der Waals surface area contributed by atoms with Crippen LogP contribution in [0.1, 0.15) is 18.9 Å². The van der Waals surface area contributed by atoms with Gasteiger partial charge in [-0.15, -0.1) is 0 Å². The van der Waals surface area contributed by atoms with Crippen molar-refractivity contribution in [1.29, 1.82) is 0 Å². The van der Waals surface area contributed by atoms with Gasteiger partial charge in [-0.3, -0.25) is 9.48 Å². The van der Waals surface area contributed by atoms with Crippen LogP contribution < -0.4 is 5.32 Å². The highest BCUT2D eigenvalue weighted by molar-refractivity contribution is 6.31. The SMILES string of the molecule is CCC(=O)Nc1cnn(Cc2ccccc2Cl)c1. The number of halogens is 1. The molecular formula is C13H14ClN3O. The molecule has 1 heterocycles. The van der Waals surface area contributed by atoms with Gasteiger partial charge in [0, 0.05) is 17.6 Å². The molecule has 0 unspecified atom stereocenters. The van der Waals surface area contributed by atoms with Crippen LogP contribution in [0.5, 0.6) is 0 Å². The fourth-order valence-electron chi connectivity index (χ4n) is 1.57. The lowest BCUT2D eigenvalue weighted by molar-refractivity contribution is -0.115. The van der Waals surface area contributed by atoms with Gasteiger partial charge in [0.25, 0.3) is 0 Å². The molecule has 1 amide bonds. The maximum atomic E-state index is 11.2. The molecule has 2 rings (SSSR count). The molecular weight excluding hydrogens is 250 g/mol. The predicted octanol–water partition coefficient (Wildman–Crippen LogP) is 2.93. The van der Waals surface area contributed by atoms with E-state index in [9.17, 15) is 4.79 Å². The van der Waals surface area contributed by atoms with Crippen molar-refractivity contribution in [2.75, 3.05) is 5.32 Å². The molecule has 0 aliphatic carbocycles. The zero-order valence-electron chi connectivity index (χ0n) is 10.1. The van der Waals surface area contributed by atoms with Gasteiger partial charge in [-0.1, -0.05) is 36.7 Å². The van der Waals surface area contributed by atoms with Crippen LogP contribution in [0.3, 0.4) is 0 Å². The van der Waals surface area contributed by atoms with Crippen molar-refractivity contribution < 1.29 is 4.79 Å². The normalized spacial score (nSPS) is 10.3. The van der Waals surface area contributed by atoms with E-state index in [0.29, 0.717) is 23.7 Å². The zero-order valence-corrected chi connectivity index (χ0v) is 10.8. The second-order valence-electron chi connectivity index (χ2n) is 3.92. The number of benzene rings is 1. The number of nitrogens with one attached hydrogen (secondary N) is 1. The number of rotatable bonds is 4. The standard InChI is InChI=1S/C13H14ClN3O/c1-2-13(18)16-11-7-15-17(9-11)8-10-5-3-4-6-12(10)14/h3-7,9H,2,8H2,1H3,(H,16,18). The molecule has 0 atom stereocenters. The smallest absolute Gasteiger partial charge is 0.224 e. The van der Waals surface area contributed by atoms with Crippen LogP contribution in [0.4, 0.5) is 5.69 Å². The van der Waals surface area contributed by atoms with Crippen LogP contribution in [0.2, 0.25) is 5.02 Å². The quantitative estimate of drug-likeness (QED) is 0.922.